The van der Waals surface area contributed by atoms with Crippen LogP contribution in [-0.4, -0.2) is 11.7 Å². The van der Waals surface area contributed by atoms with E-state index in [9.17, 15) is 9.59 Å². The lowest BCUT2D eigenvalue weighted by molar-refractivity contribution is -0.119. The van der Waals surface area contributed by atoms with Gasteiger partial charge in [0.25, 0.3) is 0 Å². The molecular weight excluding hydrogens is 226 g/mol. The molecule has 1 atom stereocenters. The zero-order chi connectivity index (χ0) is 13.7. The molecular formula is C15H21NO2. The summed E-state index contributed by atoms with van der Waals surface area (Å²) in [4.78, 5) is 23.2. The number of amides is 1. The first-order valence-corrected chi connectivity index (χ1v) is 6.44. The summed E-state index contributed by atoms with van der Waals surface area (Å²) in [6.07, 6.45) is 1.71. The highest BCUT2D eigenvalue weighted by Gasteiger charge is 2.17. The van der Waals surface area contributed by atoms with Crippen LogP contribution >= 0.6 is 0 Å². The summed E-state index contributed by atoms with van der Waals surface area (Å²) in [6, 6.07) is 7.20. The van der Waals surface area contributed by atoms with Gasteiger partial charge in [0.15, 0.2) is 5.78 Å². The zero-order valence-electron chi connectivity index (χ0n) is 11.3. The minimum absolute atomic E-state index is 0.0874. The second-order valence-electron chi connectivity index (χ2n) is 4.62. The molecule has 1 aromatic carbocycles. The van der Waals surface area contributed by atoms with Crippen LogP contribution in [0.15, 0.2) is 24.3 Å². The third kappa shape index (κ3) is 3.19. The number of benzene rings is 1. The van der Waals surface area contributed by atoms with E-state index in [2.05, 4.69) is 0 Å². The normalized spacial score (nSPS) is 12.4. The van der Waals surface area contributed by atoms with E-state index < -0.39 is 0 Å². The van der Waals surface area contributed by atoms with Gasteiger partial charge in [-0.2, -0.15) is 0 Å². The molecule has 1 aromatic rings. The van der Waals surface area contributed by atoms with Crippen molar-refractivity contribution in [3.05, 3.63) is 35.4 Å². The van der Waals surface area contributed by atoms with E-state index in [0.717, 1.165) is 18.4 Å². The fraction of sp³-hybridized carbons (Fsp3) is 0.467. The smallest absolute Gasteiger partial charge is 0.224 e. The first-order chi connectivity index (χ1) is 8.51. The van der Waals surface area contributed by atoms with Crippen molar-refractivity contribution in [2.75, 3.05) is 0 Å². The molecule has 0 bridgehead atoms. The van der Waals surface area contributed by atoms with Crippen molar-refractivity contribution in [1.29, 1.82) is 0 Å². The third-order valence-electron chi connectivity index (χ3n) is 3.48. The van der Waals surface area contributed by atoms with Crippen LogP contribution in [0, 0.1) is 5.92 Å². The Labute approximate surface area is 108 Å². The van der Waals surface area contributed by atoms with Crippen LogP contribution < -0.4 is 5.73 Å². The molecule has 0 unspecified atom stereocenters. The lowest BCUT2D eigenvalue weighted by Crippen LogP contribution is -2.19. The van der Waals surface area contributed by atoms with Crippen LogP contribution in [0.25, 0.3) is 0 Å². The quantitative estimate of drug-likeness (QED) is 0.786. The van der Waals surface area contributed by atoms with Crippen molar-refractivity contribution in [2.45, 2.75) is 39.5 Å². The van der Waals surface area contributed by atoms with Crippen molar-refractivity contribution in [1.82, 2.24) is 0 Å². The summed E-state index contributed by atoms with van der Waals surface area (Å²) >= 11 is 0. The standard InChI is InChI=1S/C15H21NO2/c1-4-11(5-2)14(17)13-8-6-12(7-9-13)10(3)15(16)18/h6-11H,4-5H2,1-3H3,(H2,16,18)/t10-/m1/s1. The Morgan fingerprint density at radius 2 is 1.61 bits per heavy atom. The second-order valence-corrected chi connectivity index (χ2v) is 4.62. The van der Waals surface area contributed by atoms with Crippen molar-refractivity contribution >= 4 is 11.7 Å². The number of carbonyl (C=O) groups is 2. The van der Waals surface area contributed by atoms with Gasteiger partial charge in [-0.15, -0.1) is 0 Å². The first-order valence-electron chi connectivity index (χ1n) is 6.44. The molecule has 0 heterocycles. The Bertz CT molecular complexity index is 419. The summed E-state index contributed by atoms with van der Waals surface area (Å²) in [7, 11) is 0. The molecule has 3 nitrogen and oxygen atoms in total. The minimum atomic E-state index is -0.353. The molecule has 98 valence electrons. The summed E-state index contributed by atoms with van der Waals surface area (Å²) in [5.74, 6) is -0.404. The highest BCUT2D eigenvalue weighted by atomic mass is 16.1. The van der Waals surface area contributed by atoms with E-state index in [0.29, 0.717) is 5.56 Å². The largest absolute Gasteiger partial charge is 0.369 e. The average molecular weight is 247 g/mol. The lowest BCUT2D eigenvalue weighted by atomic mass is 9.91. The van der Waals surface area contributed by atoms with Crippen LogP contribution in [-0.2, 0) is 4.79 Å². The maximum atomic E-state index is 12.1. The van der Waals surface area contributed by atoms with Crippen LogP contribution in [0.5, 0.6) is 0 Å². The Hall–Kier alpha value is -1.64. The molecule has 0 aliphatic rings. The molecule has 0 aliphatic heterocycles. The van der Waals surface area contributed by atoms with E-state index in [1.807, 2.05) is 26.0 Å². The molecule has 0 spiro atoms. The minimum Gasteiger partial charge on any atom is -0.369 e. The highest BCUT2D eigenvalue weighted by molar-refractivity contribution is 5.97. The topological polar surface area (TPSA) is 60.2 Å². The number of ketones is 1. The van der Waals surface area contributed by atoms with E-state index in [4.69, 9.17) is 5.73 Å². The molecule has 1 amide bonds. The number of nitrogens with two attached hydrogens (primary N) is 1. The number of Topliss-reactive ketones (excluding diaryl/α,β-unsaturated/α-hetero) is 1. The Balaban J connectivity index is 2.89. The van der Waals surface area contributed by atoms with Crippen LogP contribution in [0.4, 0.5) is 0 Å². The molecule has 3 heteroatoms. The van der Waals surface area contributed by atoms with E-state index in [1.54, 1.807) is 19.1 Å². The van der Waals surface area contributed by atoms with Gasteiger partial charge in [-0.25, -0.2) is 0 Å². The number of primary amides is 1. The average Bonchev–Trinajstić information content (AvgIpc) is 2.39. The third-order valence-corrected chi connectivity index (χ3v) is 3.48. The highest BCUT2D eigenvalue weighted by Crippen LogP contribution is 2.19. The summed E-state index contributed by atoms with van der Waals surface area (Å²) in [6.45, 7) is 5.81. The Morgan fingerprint density at radius 1 is 1.11 bits per heavy atom. The predicted molar refractivity (Wildman–Crippen MR) is 72.5 cm³/mol. The first kappa shape index (κ1) is 14.4. The van der Waals surface area contributed by atoms with Gasteiger partial charge in [-0.3, -0.25) is 9.59 Å². The van der Waals surface area contributed by atoms with Crippen molar-refractivity contribution < 1.29 is 9.59 Å². The van der Waals surface area contributed by atoms with Crippen LogP contribution in [0.1, 0.15) is 55.5 Å². The van der Waals surface area contributed by atoms with Gasteiger partial charge >= 0.3 is 0 Å². The summed E-state index contributed by atoms with van der Waals surface area (Å²) in [5, 5.41) is 0. The second kappa shape index (κ2) is 6.34. The van der Waals surface area contributed by atoms with Crippen molar-refractivity contribution in [2.24, 2.45) is 11.7 Å². The fourth-order valence-corrected chi connectivity index (χ4v) is 2.00. The lowest BCUT2D eigenvalue weighted by Gasteiger charge is -2.12. The van der Waals surface area contributed by atoms with Crippen molar-refractivity contribution in [3.63, 3.8) is 0 Å². The van der Waals surface area contributed by atoms with Gasteiger partial charge in [0.05, 0.1) is 5.92 Å². The zero-order valence-corrected chi connectivity index (χ0v) is 11.3. The molecule has 18 heavy (non-hydrogen) atoms. The molecule has 1 rings (SSSR count). The molecule has 0 aromatic heterocycles. The molecule has 0 radical (unpaired) electrons. The Kier molecular flexibility index (Phi) is 5.08. The fourth-order valence-electron chi connectivity index (χ4n) is 2.00. The van der Waals surface area contributed by atoms with Gasteiger partial charge in [0.1, 0.15) is 0 Å². The van der Waals surface area contributed by atoms with Gasteiger partial charge in [0, 0.05) is 11.5 Å². The summed E-state index contributed by atoms with van der Waals surface area (Å²) in [5.41, 5.74) is 6.81. The molecule has 2 N–H and O–H groups in total. The van der Waals surface area contributed by atoms with E-state index >= 15 is 0 Å². The summed E-state index contributed by atoms with van der Waals surface area (Å²) < 4.78 is 0. The van der Waals surface area contributed by atoms with Gasteiger partial charge in [-0.1, -0.05) is 38.1 Å². The predicted octanol–water partition coefficient (Wildman–Crippen LogP) is 2.89. The maximum absolute atomic E-state index is 12.1. The molecule has 0 saturated heterocycles. The molecule has 0 fully saturated rings. The van der Waals surface area contributed by atoms with Crippen molar-refractivity contribution in [3.8, 4) is 0 Å². The van der Waals surface area contributed by atoms with E-state index in [-0.39, 0.29) is 23.5 Å². The maximum Gasteiger partial charge on any atom is 0.224 e. The van der Waals surface area contributed by atoms with Gasteiger partial charge in [0.2, 0.25) is 5.91 Å². The number of carbonyl (C=O) groups excluding carboxylic acids is 2. The molecule has 0 saturated carbocycles. The van der Waals surface area contributed by atoms with Gasteiger partial charge in [-0.05, 0) is 25.3 Å². The van der Waals surface area contributed by atoms with E-state index in [1.165, 1.54) is 0 Å². The SMILES string of the molecule is CCC(CC)C(=O)c1ccc([C@@H](C)C(N)=O)cc1. The number of hydrogen-bond acceptors (Lipinski definition) is 2. The monoisotopic (exact) mass is 247 g/mol. The number of hydrogen-bond donors (Lipinski definition) is 1. The molecule has 0 aliphatic carbocycles. The Morgan fingerprint density at radius 3 is 2.00 bits per heavy atom. The van der Waals surface area contributed by atoms with Gasteiger partial charge < -0.3 is 5.73 Å². The number of rotatable bonds is 6. The van der Waals surface area contributed by atoms with Crippen LogP contribution in [0.2, 0.25) is 0 Å². The van der Waals surface area contributed by atoms with Crippen LogP contribution in [0.3, 0.4) is 0 Å².